The second kappa shape index (κ2) is 3.95. The van der Waals surface area contributed by atoms with Gasteiger partial charge in [-0.1, -0.05) is 0 Å². The predicted molar refractivity (Wildman–Crippen MR) is 51.1 cm³/mol. The van der Waals surface area contributed by atoms with Gasteiger partial charge in [0.05, 0.1) is 0 Å². The fraction of sp³-hybridized carbons (Fsp3) is 0.364. The molecule has 1 aromatic carbocycles. The summed E-state index contributed by atoms with van der Waals surface area (Å²) in [4.78, 5) is 0. The third-order valence-corrected chi connectivity index (χ3v) is 2.64. The number of hydrogen-bond donors (Lipinski definition) is 1. The van der Waals surface area contributed by atoms with Crippen LogP contribution in [-0.2, 0) is 0 Å². The molecule has 1 N–H and O–H groups in total. The highest BCUT2D eigenvalue weighted by Gasteiger charge is 2.19. The van der Waals surface area contributed by atoms with Crippen molar-refractivity contribution in [2.45, 2.75) is 18.9 Å². The van der Waals surface area contributed by atoms with Crippen LogP contribution in [0.2, 0.25) is 0 Å². The summed E-state index contributed by atoms with van der Waals surface area (Å²) in [5.41, 5.74) is 0.0817. The lowest BCUT2D eigenvalue weighted by molar-refractivity contribution is 0.560. The fourth-order valence-electron chi connectivity index (χ4n) is 1.87. The smallest absolute Gasteiger partial charge is 0.144 e. The Hall–Kier alpha value is -1.47. The van der Waals surface area contributed by atoms with E-state index in [9.17, 15) is 8.78 Å². The molecule has 1 heterocycles. The Morgan fingerprint density at radius 3 is 2.47 bits per heavy atom. The molecule has 78 valence electrons. The Kier molecular flexibility index (Phi) is 2.65. The van der Waals surface area contributed by atoms with Crippen molar-refractivity contribution < 1.29 is 8.78 Å². The van der Waals surface area contributed by atoms with Crippen molar-refractivity contribution in [2.75, 3.05) is 6.54 Å². The molecule has 0 spiro atoms. The summed E-state index contributed by atoms with van der Waals surface area (Å²) in [6, 6.07) is 4.01. The van der Waals surface area contributed by atoms with E-state index >= 15 is 0 Å². The van der Waals surface area contributed by atoms with Gasteiger partial charge in [-0.2, -0.15) is 5.26 Å². The first-order chi connectivity index (χ1) is 7.22. The Bertz CT molecular complexity index is 394. The average molecular weight is 208 g/mol. The zero-order valence-corrected chi connectivity index (χ0v) is 8.06. The molecule has 1 aliphatic rings. The van der Waals surface area contributed by atoms with E-state index in [-0.39, 0.29) is 6.04 Å². The number of nitriles is 1. The van der Waals surface area contributed by atoms with Gasteiger partial charge in [0.15, 0.2) is 0 Å². The van der Waals surface area contributed by atoms with E-state index in [0.717, 1.165) is 19.4 Å². The summed E-state index contributed by atoms with van der Waals surface area (Å²) in [5, 5.41) is 11.7. The molecule has 1 aliphatic heterocycles. The van der Waals surface area contributed by atoms with Crippen molar-refractivity contribution >= 4 is 0 Å². The lowest BCUT2D eigenvalue weighted by Gasteiger charge is -2.11. The minimum atomic E-state index is -0.777. The summed E-state index contributed by atoms with van der Waals surface area (Å²) in [6.07, 6.45) is 1.89. The topological polar surface area (TPSA) is 35.8 Å². The number of nitrogens with zero attached hydrogens (tertiary/aromatic N) is 1. The van der Waals surface area contributed by atoms with Gasteiger partial charge in [-0.25, -0.2) is 8.78 Å². The van der Waals surface area contributed by atoms with Gasteiger partial charge < -0.3 is 5.32 Å². The minimum Gasteiger partial charge on any atom is -0.310 e. The molecule has 4 heteroatoms. The molecule has 0 aromatic heterocycles. The number of nitrogens with one attached hydrogen (secondary N) is 1. The molecule has 2 nitrogen and oxygen atoms in total. The molecule has 0 aliphatic carbocycles. The summed E-state index contributed by atoms with van der Waals surface area (Å²) >= 11 is 0. The van der Waals surface area contributed by atoms with Crippen LogP contribution in [-0.4, -0.2) is 6.54 Å². The van der Waals surface area contributed by atoms with Gasteiger partial charge in [0, 0.05) is 6.04 Å². The maximum absolute atomic E-state index is 13.3. The third kappa shape index (κ3) is 1.83. The van der Waals surface area contributed by atoms with Crippen molar-refractivity contribution in [3.63, 3.8) is 0 Å². The molecule has 0 bridgehead atoms. The molecule has 0 unspecified atom stereocenters. The highest BCUT2D eigenvalue weighted by atomic mass is 19.1. The van der Waals surface area contributed by atoms with E-state index in [4.69, 9.17) is 5.26 Å². The fourth-order valence-corrected chi connectivity index (χ4v) is 1.87. The first kappa shape index (κ1) is 10.1. The van der Waals surface area contributed by atoms with Crippen molar-refractivity contribution in [1.82, 2.24) is 5.32 Å². The summed E-state index contributed by atoms with van der Waals surface area (Å²) in [5.74, 6) is -1.55. The first-order valence-electron chi connectivity index (χ1n) is 4.85. The highest BCUT2D eigenvalue weighted by molar-refractivity contribution is 5.36. The van der Waals surface area contributed by atoms with Crippen LogP contribution in [0.1, 0.15) is 30.0 Å². The van der Waals surface area contributed by atoms with Crippen LogP contribution in [0, 0.1) is 23.0 Å². The van der Waals surface area contributed by atoms with Crippen LogP contribution in [0.5, 0.6) is 0 Å². The molecule has 0 radical (unpaired) electrons. The van der Waals surface area contributed by atoms with E-state index in [2.05, 4.69) is 5.32 Å². The summed E-state index contributed by atoms with van der Waals surface area (Å²) in [6.45, 7) is 0.869. The molecule has 0 amide bonds. The van der Waals surface area contributed by atoms with E-state index in [1.165, 1.54) is 18.2 Å². The third-order valence-electron chi connectivity index (χ3n) is 2.64. The molecular weight excluding hydrogens is 198 g/mol. The van der Waals surface area contributed by atoms with E-state index < -0.39 is 17.2 Å². The van der Waals surface area contributed by atoms with Crippen LogP contribution in [0.4, 0.5) is 8.78 Å². The van der Waals surface area contributed by atoms with Crippen molar-refractivity contribution in [2.24, 2.45) is 0 Å². The molecule has 1 aromatic rings. The predicted octanol–water partition coefficient (Wildman–Crippen LogP) is 2.26. The molecular formula is C11H10F2N2. The lowest BCUT2D eigenvalue weighted by Crippen LogP contribution is -2.13. The number of rotatable bonds is 1. The summed E-state index contributed by atoms with van der Waals surface area (Å²) < 4.78 is 26.5. The van der Waals surface area contributed by atoms with Gasteiger partial charge in [0.2, 0.25) is 0 Å². The summed E-state index contributed by atoms with van der Waals surface area (Å²) in [7, 11) is 0. The molecule has 1 atom stereocenters. The lowest BCUT2D eigenvalue weighted by atomic mass is 10.0. The molecule has 2 rings (SSSR count). The van der Waals surface area contributed by atoms with Gasteiger partial charge in [0.25, 0.3) is 0 Å². The second-order valence-corrected chi connectivity index (χ2v) is 3.62. The number of hydrogen-bond acceptors (Lipinski definition) is 2. The van der Waals surface area contributed by atoms with Gasteiger partial charge in [-0.05, 0) is 37.1 Å². The Labute approximate surface area is 86.5 Å². The monoisotopic (exact) mass is 208 g/mol. The van der Waals surface area contributed by atoms with E-state index in [0.29, 0.717) is 5.56 Å². The van der Waals surface area contributed by atoms with Gasteiger partial charge in [-0.15, -0.1) is 0 Å². The SMILES string of the molecule is N#Cc1c(F)cc([C@H]2CCCN2)cc1F. The minimum absolute atomic E-state index is 0.0155. The molecule has 0 saturated carbocycles. The van der Waals surface area contributed by atoms with Crippen molar-refractivity contribution in [1.29, 1.82) is 5.26 Å². The molecule has 1 saturated heterocycles. The quantitative estimate of drug-likeness (QED) is 0.768. The number of benzene rings is 1. The van der Waals surface area contributed by atoms with E-state index in [1.807, 2.05) is 0 Å². The van der Waals surface area contributed by atoms with Crippen molar-refractivity contribution in [3.8, 4) is 6.07 Å². The highest BCUT2D eigenvalue weighted by Crippen LogP contribution is 2.25. The van der Waals surface area contributed by atoms with Crippen LogP contribution >= 0.6 is 0 Å². The maximum atomic E-state index is 13.3. The largest absolute Gasteiger partial charge is 0.310 e. The second-order valence-electron chi connectivity index (χ2n) is 3.62. The average Bonchev–Trinajstić information content (AvgIpc) is 2.69. The van der Waals surface area contributed by atoms with Crippen LogP contribution in [0.3, 0.4) is 0 Å². The first-order valence-corrected chi connectivity index (χ1v) is 4.85. The van der Waals surface area contributed by atoms with Gasteiger partial charge >= 0.3 is 0 Å². The normalized spacial score (nSPS) is 20.2. The van der Waals surface area contributed by atoms with Crippen LogP contribution in [0.15, 0.2) is 12.1 Å². The van der Waals surface area contributed by atoms with Gasteiger partial charge in [-0.3, -0.25) is 0 Å². The van der Waals surface area contributed by atoms with Gasteiger partial charge in [0.1, 0.15) is 23.3 Å². The zero-order valence-electron chi connectivity index (χ0n) is 8.06. The Morgan fingerprint density at radius 2 is 2.00 bits per heavy atom. The Balaban J connectivity index is 2.39. The van der Waals surface area contributed by atoms with Crippen LogP contribution in [0.25, 0.3) is 0 Å². The van der Waals surface area contributed by atoms with Crippen molar-refractivity contribution in [3.05, 3.63) is 34.9 Å². The maximum Gasteiger partial charge on any atom is 0.144 e. The van der Waals surface area contributed by atoms with Crippen LogP contribution < -0.4 is 5.32 Å². The zero-order chi connectivity index (χ0) is 10.8. The molecule has 15 heavy (non-hydrogen) atoms. The number of halogens is 2. The molecule has 1 fully saturated rings. The van der Waals surface area contributed by atoms with E-state index in [1.54, 1.807) is 0 Å². The Morgan fingerprint density at radius 1 is 1.33 bits per heavy atom. The standard InChI is InChI=1S/C11H10F2N2/c12-9-4-7(11-2-1-3-15-11)5-10(13)8(9)6-14/h4-5,11,15H,1-3H2/t11-/m1/s1.